The summed E-state index contributed by atoms with van der Waals surface area (Å²) in [6.07, 6.45) is 9.61. The van der Waals surface area contributed by atoms with Crippen molar-refractivity contribution in [2.45, 2.75) is 102 Å². The van der Waals surface area contributed by atoms with Crippen LogP contribution in [0, 0.1) is 11.8 Å². The lowest BCUT2D eigenvalue weighted by Gasteiger charge is -2.38. The molecule has 0 aliphatic heterocycles. The first-order chi connectivity index (χ1) is 14.3. The van der Waals surface area contributed by atoms with Gasteiger partial charge in [0.25, 0.3) is 0 Å². The minimum atomic E-state index is -0.479. The van der Waals surface area contributed by atoms with Gasteiger partial charge in [0, 0.05) is 25.9 Å². The molecule has 0 aromatic carbocycles. The van der Waals surface area contributed by atoms with Gasteiger partial charge >= 0.3 is 0 Å². The fourth-order valence-electron chi connectivity index (χ4n) is 4.53. The van der Waals surface area contributed by atoms with Gasteiger partial charge in [0.2, 0.25) is 23.6 Å². The Balaban J connectivity index is 1.41. The topological polar surface area (TPSA) is 116 Å². The Morgan fingerprint density at radius 3 is 1.33 bits per heavy atom. The first-order valence-corrected chi connectivity index (χ1v) is 11.4. The molecule has 2 atom stereocenters. The summed E-state index contributed by atoms with van der Waals surface area (Å²) >= 11 is 0. The van der Waals surface area contributed by atoms with E-state index in [9.17, 15) is 19.2 Å². The summed E-state index contributed by atoms with van der Waals surface area (Å²) in [7, 11) is 0. The SMILES string of the molecule is CC(=O)N[C@H](CC1CCC1)C(=O)NC1CC(NC(=O)[C@@H](CC2CCC2)NC(C)=O)C1. The highest BCUT2D eigenvalue weighted by Crippen LogP contribution is 2.31. The average molecular weight is 421 g/mol. The molecule has 3 aliphatic carbocycles. The zero-order valence-electron chi connectivity index (χ0n) is 18.2. The molecule has 3 fully saturated rings. The third-order valence-corrected chi connectivity index (χ3v) is 6.81. The van der Waals surface area contributed by atoms with Crippen molar-refractivity contribution in [3.8, 4) is 0 Å². The predicted molar refractivity (Wildman–Crippen MR) is 112 cm³/mol. The summed E-state index contributed by atoms with van der Waals surface area (Å²) in [6, 6.07) is -0.946. The van der Waals surface area contributed by atoms with Crippen molar-refractivity contribution in [2.75, 3.05) is 0 Å². The van der Waals surface area contributed by atoms with E-state index in [1.54, 1.807) is 0 Å². The van der Waals surface area contributed by atoms with Crippen molar-refractivity contribution in [3.63, 3.8) is 0 Å². The lowest BCUT2D eigenvalue weighted by molar-refractivity contribution is -0.131. The Labute approximate surface area is 178 Å². The summed E-state index contributed by atoms with van der Waals surface area (Å²) in [5.41, 5.74) is 0. The molecule has 168 valence electrons. The van der Waals surface area contributed by atoms with Gasteiger partial charge in [-0.1, -0.05) is 38.5 Å². The molecule has 0 heterocycles. The highest BCUT2D eigenvalue weighted by molar-refractivity contribution is 5.88. The van der Waals surface area contributed by atoms with Crippen LogP contribution in [-0.4, -0.2) is 47.8 Å². The van der Waals surface area contributed by atoms with Crippen LogP contribution in [0.1, 0.15) is 78.1 Å². The highest BCUT2D eigenvalue weighted by atomic mass is 16.2. The van der Waals surface area contributed by atoms with Crippen LogP contribution >= 0.6 is 0 Å². The summed E-state index contributed by atoms with van der Waals surface area (Å²) < 4.78 is 0. The molecule has 0 aromatic heterocycles. The summed E-state index contributed by atoms with van der Waals surface area (Å²) in [5, 5.41) is 11.6. The van der Waals surface area contributed by atoms with Gasteiger partial charge in [-0.15, -0.1) is 0 Å². The monoisotopic (exact) mass is 420 g/mol. The summed E-state index contributed by atoms with van der Waals surface area (Å²) in [4.78, 5) is 48.2. The lowest BCUT2D eigenvalue weighted by atomic mass is 9.80. The number of rotatable bonds is 10. The second kappa shape index (κ2) is 10.3. The largest absolute Gasteiger partial charge is 0.351 e. The second-order valence-electron chi connectivity index (χ2n) is 9.45. The van der Waals surface area contributed by atoms with Crippen molar-refractivity contribution < 1.29 is 19.2 Å². The molecule has 8 heteroatoms. The molecule has 0 unspecified atom stereocenters. The van der Waals surface area contributed by atoms with Gasteiger partial charge in [-0.25, -0.2) is 0 Å². The first kappa shape index (κ1) is 22.6. The first-order valence-electron chi connectivity index (χ1n) is 11.4. The van der Waals surface area contributed by atoms with E-state index in [4.69, 9.17) is 0 Å². The summed E-state index contributed by atoms with van der Waals surface area (Å²) in [6.45, 7) is 2.87. The fourth-order valence-corrected chi connectivity index (χ4v) is 4.53. The molecule has 0 radical (unpaired) electrons. The third-order valence-electron chi connectivity index (χ3n) is 6.81. The van der Waals surface area contributed by atoms with E-state index in [0.29, 0.717) is 37.5 Å². The molecule has 3 aliphatic rings. The normalized spacial score (nSPS) is 25.5. The second-order valence-corrected chi connectivity index (χ2v) is 9.45. The van der Waals surface area contributed by atoms with Crippen molar-refractivity contribution in [1.82, 2.24) is 21.3 Å². The van der Waals surface area contributed by atoms with Crippen LogP contribution in [0.4, 0.5) is 0 Å². The Hall–Kier alpha value is -2.12. The van der Waals surface area contributed by atoms with Gasteiger partial charge in [0.05, 0.1) is 0 Å². The van der Waals surface area contributed by atoms with Gasteiger partial charge in [-0.2, -0.15) is 0 Å². The van der Waals surface area contributed by atoms with E-state index < -0.39 is 12.1 Å². The van der Waals surface area contributed by atoms with Crippen molar-refractivity contribution >= 4 is 23.6 Å². The quantitative estimate of drug-likeness (QED) is 0.424. The number of carbonyl (C=O) groups is 4. The number of hydrogen-bond donors (Lipinski definition) is 4. The minimum Gasteiger partial charge on any atom is -0.351 e. The van der Waals surface area contributed by atoms with Crippen LogP contribution in [0.5, 0.6) is 0 Å². The number of carbonyl (C=O) groups excluding carboxylic acids is 4. The van der Waals surface area contributed by atoms with E-state index in [1.165, 1.54) is 26.7 Å². The van der Waals surface area contributed by atoms with E-state index >= 15 is 0 Å². The predicted octanol–water partition coefficient (Wildman–Crippen LogP) is 1.14. The van der Waals surface area contributed by atoms with Gasteiger partial charge in [0.15, 0.2) is 0 Å². The van der Waals surface area contributed by atoms with Gasteiger partial charge in [-0.3, -0.25) is 19.2 Å². The molecule has 8 nitrogen and oxygen atoms in total. The maximum atomic E-state index is 12.6. The molecule has 0 spiro atoms. The molecule has 30 heavy (non-hydrogen) atoms. The van der Waals surface area contributed by atoms with Gasteiger partial charge in [0.1, 0.15) is 12.1 Å². The number of hydrogen-bond acceptors (Lipinski definition) is 4. The van der Waals surface area contributed by atoms with Crippen LogP contribution in [0.25, 0.3) is 0 Å². The molecule has 4 N–H and O–H groups in total. The maximum Gasteiger partial charge on any atom is 0.242 e. The molecular formula is C22H36N4O4. The Bertz CT molecular complexity index is 600. The van der Waals surface area contributed by atoms with E-state index in [-0.39, 0.29) is 35.7 Å². The highest BCUT2D eigenvalue weighted by Gasteiger charge is 2.36. The fraction of sp³-hybridized carbons (Fsp3) is 0.818. The van der Waals surface area contributed by atoms with E-state index in [0.717, 1.165) is 25.7 Å². The van der Waals surface area contributed by atoms with Crippen LogP contribution in [0.15, 0.2) is 0 Å². The van der Waals surface area contributed by atoms with Crippen molar-refractivity contribution in [3.05, 3.63) is 0 Å². The molecular weight excluding hydrogens is 384 g/mol. The van der Waals surface area contributed by atoms with Crippen LogP contribution in [0.3, 0.4) is 0 Å². The minimum absolute atomic E-state index is 0.00583. The Morgan fingerprint density at radius 1 is 0.700 bits per heavy atom. The summed E-state index contributed by atoms with van der Waals surface area (Å²) in [5.74, 6) is 0.387. The van der Waals surface area contributed by atoms with Crippen molar-refractivity contribution in [1.29, 1.82) is 0 Å². The zero-order valence-corrected chi connectivity index (χ0v) is 18.2. The lowest BCUT2D eigenvalue weighted by Crippen LogP contribution is -2.59. The number of amides is 4. The molecule has 0 saturated heterocycles. The van der Waals surface area contributed by atoms with Crippen LogP contribution in [-0.2, 0) is 19.2 Å². The third kappa shape index (κ3) is 6.44. The maximum absolute atomic E-state index is 12.6. The van der Waals surface area contributed by atoms with E-state index in [2.05, 4.69) is 21.3 Å². The molecule has 3 rings (SSSR count). The molecule has 0 bridgehead atoms. The standard InChI is InChI=1S/C22H36N4O4/c1-13(27)23-19(9-15-5-3-6-15)21(29)25-17-11-18(12-17)26-22(30)20(24-14(2)28)10-16-7-4-8-16/h15-20H,3-12H2,1-2H3,(H,23,27)(H,24,28)(H,25,29)(H,26,30)/t17?,18?,19-,20-/m1/s1. The zero-order chi connectivity index (χ0) is 21.7. The molecule has 3 saturated carbocycles. The van der Waals surface area contributed by atoms with E-state index in [1.807, 2.05) is 0 Å². The molecule has 0 aromatic rings. The van der Waals surface area contributed by atoms with Gasteiger partial charge < -0.3 is 21.3 Å². The Kier molecular flexibility index (Phi) is 7.72. The smallest absolute Gasteiger partial charge is 0.242 e. The van der Waals surface area contributed by atoms with Crippen molar-refractivity contribution in [2.24, 2.45) is 11.8 Å². The van der Waals surface area contributed by atoms with Crippen LogP contribution in [0.2, 0.25) is 0 Å². The number of nitrogens with one attached hydrogen (secondary N) is 4. The van der Waals surface area contributed by atoms with Gasteiger partial charge in [-0.05, 0) is 37.5 Å². The molecule has 4 amide bonds. The van der Waals surface area contributed by atoms with Crippen LogP contribution < -0.4 is 21.3 Å². The Morgan fingerprint density at radius 2 is 1.07 bits per heavy atom. The average Bonchev–Trinajstić information content (AvgIpc) is 2.55.